The van der Waals surface area contributed by atoms with E-state index >= 15 is 0 Å². The number of rotatable bonds is 4. The molecule has 1 saturated heterocycles. The van der Waals surface area contributed by atoms with Gasteiger partial charge in [-0.3, -0.25) is 9.59 Å². The first-order chi connectivity index (χ1) is 14.8. The monoisotopic (exact) mass is 443 g/mol. The number of amides is 2. The Morgan fingerprint density at radius 3 is 2.42 bits per heavy atom. The lowest BCUT2D eigenvalue weighted by molar-refractivity contribution is -0.125. The van der Waals surface area contributed by atoms with Crippen LogP contribution in [0.25, 0.3) is 0 Å². The molecule has 0 spiro atoms. The topological polar surface area (TPSA) is 96.0 Å². The van der Waals surface area contributed by atoms with Gasteiger partial charge in [-0.25, -0.2) is 8.42 Å². The number of hydrogen-bond acceptors (Lipinski definition) is 5. The molecule has 0 bridgehead atoms. The standard InChI is InChI=1S/C22H25N3O5S/c1-15-22(27)24(2)19-11-8-17(14-20(19)30-15)23-21(26)16-6-9-18(10-7-16)31(28,29)25-12-4-3-5-13-25/h6-11,14-15H,3-5,12-13H2,1-2H3,(H,23,26). The van der Waals surface area contributed by atoms with Crippen LogP contribution >= 0.6 is 0 Å². The summed E-state index contributed by atoms with van der Waals surface area (Å²) in [5.74, 6) is 0.00872. The third kappa shape index (κ3) is 4.15. The Morgan fingerprint density at radius 2 is 1.74 bits per heavy atom. The number of nitrogens with one attached hydrogen (secondary N) is 1. The minimum atomic E-state index is -3.54. The van der Waals surface area contributed by atoms with E-state index in [9.17, 15) is 18.0 Å². The zero-order valence-electron chi connectivity index (χ0n) is 17.5. The second kappa shape index (κ2) is 8.32. The number of sulfonamides is 1. The van der Waals surface area contributed by atoms with Gasteiger partial charge in [0.15, 0.2) is 6.10 Å². The Bertz CT molecular complexity index is 1110. The van der Waals surface area contributed by atoms with E-state index in [2.05, 4.69) is 5.32 Å². The Morgan fingerprint density at radius 1 is 1.06 bits per heavy atom. The molecule has 0 aromatic heterocycles. The molecule has 2 aliphatic heterocycles. The van der Waals surface area contributed by atoms with Gasteiger partial charge in [-0.15, -0.1) is 0 Å². The lowest BCUT2D eigenvalue weighted by Crippen LogP contribution is -2.41. The zero-order chi connectivity index (χ0) is 22.2. The Hall–Kier alpha value is -2.91. The van der Waals surface area contributed by atoms with Crippen molar-refractivity contribution >= 4 is 33.2 Å². The van der Waals surface area contributed by atoms with Crippen LogP contribution in [0.15, 0.2) is 47.4 Å². The van der Waals surface area contributed by atoms with Gasteiger partial charge in [0.05, 0.1) is 10.6 Å². The van der Waals surface area contributed by atoms with Crippen molar-refractivity contribution in [2.24, 2.45) is 0 Å². The van der Waals surface area contributed by atoms with E-state index in [4.69, 9.17) is 4.74 Å². The third-order valence-electron chi connectivity index (χ3n) is 5.63. The van der Waals surface area contributed by atoms with E-state index in [0.29, 0.717) is 35.8 Å². The number of likely N-dealkylation sites (N-methyl/N-ethyl adjacent to an activating group) is 1. The highest BCUT2D eigenvalue weighted by Gasteiger charge is 2.29. The number of hydrogen-bond donors (Lipinski definition) is 1. The van der Waals surface area contributed by atoms with Crippen molar-refractivity contribution in [3.8, 4) is 5.75 Å². The number of carbonyl (C=O) groups excluding carboxylic acids is 2. The maximum Gasteiger partial charge on any atom is 0.267 e. The van der Waals surface area contributed by atoms with Crippen molar-refractivity contribution < 1.29 is 22.7 Å². The summed E-state index contributed by atoms with van der Waals surface area (Å²) in [5, 5.41) is 2.79. The molecule has 164 valence electrons. The largest absolute Gasteiger partial charge is 0.479 e. The van der Waals surface area contributed by atoms with Crippen LogP contribution in [-0.2, 0) is 14.8 Å². The van der Waals surface area contributed by atoms with Crippen molar-refractivity contribution in [2.75, 3.05) is 30.4 Å². The van der Waals surface area contributed by atoms with Crippen molar-refractivity contribution in [2.45, 2.75) is 37.2 Å². The summed E-state index contributed by atoms with van der Waals surface area (Å²) in [7, 11) is -1.86. The lowest BCUT2D eigenvalue weighted by atomic mass is 10.1. The van der Waals surface area contributed by atoms with Gasteiger partial charge in [0, 0.05) is 37.5 Å². The SMILES string of the molecule is CC1Oc2cc(NC(=O)c3ccc(S(=O)(=O)N4CCCCC4)cc3)ccc2N(C)C1=O. The van der Waals surface area contributed by atoms with Crippen LogP contribution in [-0.4, -0.2) is 50.8 Å². The average Bonchev–Trinajstić information content (AvgIpc) is 2.78. The molecule has 0 radical (unpaired) electrons. The first-order valence-corrected chi connectivity index (χ1v) is 11.7. The normalized spacial score (nSPS) is 19.5. The van der Waals surface area contributed by atoms with Crippen LogP contribution in [0.5, 0.6) is 5.75 Å². The predicted molar refractivity (Wildman–Crippen MR) is 117 cm³/mol. The van der Waals surface area contributed by atoms with Crippen LogP contribution in [0.4, 0.5) is 11.4 Å². The van der Waals surface area contributed by atoms with Gasteiger partial charge in [0.2, 0.25) is 10.0 Å². The Kier molecular flexibility index (Phi) is 5.72. The Balaban J connectivity index is 1.48. The van der Waals surface area contributed by atoms with Crippen LogP contribution in [0.3, 0.4) is 0 Å². The van der Waals surface area contributed by atoms with E-state index in [1.165, 1.54) is 33.5 Å². The highest BCUT2D eigenvalue weighted by molar-refractivity contribution is 7.89. The number of carbonyl (C=O) groups is 2. The van der Waals surface area contributed by atoms with Crippen molar-refractivity contribution in [1.29, 1.82) is 0 Å². The molecular weight excluding hydrogens is 418 g/mol. The van der Waals surface area contributed by atoms with Crippen molar-refractivity contribution in [3.63, 3.8) is 0 Å². The molecule has 1 atom stereocenters. The van der Waals surface area contributed by atoms with E-state index in [1.807, 2.05) is 0 Å². The molecule has 9 heteroatoms. The summed E-state index contributed by atoms with van der Waals surface area (Å²) in [6.45, 7) is 2.74. The fourth-order valence-electron chi connectivity index (χ4n) is 3.83. The second-order valence-electron chi connectivity index (χ2n) is 7.78. The molecule has 1 unspecified atom stereocenters. The van der Waals surface area contributed by atoms with Gasteiger partial charge in [-0.05, 0) is 56.2 Å². The number of ether oxygens (including phenoxy) is 1. The molecule has 2 aliphatic rings. The maximum atomic E-state index is 12.8. The molecular formula is C22H25N3O5S. The molecule has 0 aliphatic carbocycles. The summed E-state index contributed by atoms with van der Waals surface area (Å²) in [6, 6.07) is 11.0. The molecule has 1 N–H and O–H groups in total. The molecule has 8 nitrogen and oxygen atoms in total. The summed E-state index contributed by atoms with van der Waals surface area (Å²) in [6.07, 6.45) is 2.18. The quantitative estimate of drug-likeness (QED) is 0.784. The van der Waals surface area contributed by atoms with Crippen LogP contribution in [0, 0.1) is 0 Å². The molecule has 2 aromatic rings. The van der Waals surface area contributed by atoms with Crippen molar-refractivity contribution in [1.82, 2.24) is 4.31 Å². The third-order valence-corrected chi connectivity index (χ3v) is 7.54. The molecule has 31 heavy (non-hydrogen) atoms. The second-order valence-corrected chi connectivity index (χ2v) is 9.72. The minimum absolute atomic E-state index is 0.135. The summed E-state index contributed by atoms with van der Waals surface area (Å²) >= 11 is 0. The van der Waals surface area contributed by atoms with Gasteiger partial charge in [-0.1, -0.05) is 6.42 Å². The first-order valence-electron chi connectivity index (χ1n) is 10.3. The highest BCUT2D eigenvalue weighted by Crippen LogP contribution is 2.35. The first kappa shape index (κ1) is 21.3. The average molecular weight is 444 g/mol. The molecule has 1 fully saturated rings. The van der Waals surface area contributed by atoms with Gasteiger partial charge in [-0.2, -0.15) is 4.31 Å². The lowest BCUT2D eigenvalue weighted by Gasteiger charge is -2.30. The van der Waals surface area contributed by atoms with E-state index in [-0.39, 0.29) is 16.7 Å². The van der Waals surface area contributed by atoms with Crippen LogP contribution in [0.1, 0.15) is 36.5 Å². The Labute approximate surface area is 181 Å². The van der Waals surface area contributed by atoms with Crippen LogP contribution in [0.2, 0.25) is 0 Å². The minimum Gasteiger partial charge on any atom is -0.479 e. The number of nitrogens with zero attached hydrogens (tertiary/aromatic N) is 2. The summed E-state index contributed by atoms with van der Waals surface area (Å²) in [5.41, 5.74) is 1.49. The number of fused-ring (bicyclic) bond motifs is 1. The molecule has 2 amide bonds. The van der Waals surface area contributed by atoms with Gasteiger partial charge in [0.25, 0.3) is 11.8 Å². The van der Waals surface area contributed by atoms with Crippen LogP contribution < -0.4 is 15.0 Å². The van der Waals surface area contributed by atoms with E-state index in [0.717, 1.165) is 19.3 Å². The number of anilines is 2. The fraction of sp³-hybridized carbons (Fsp3) is 0.364. The van der Waals surface area contributed by atoms with Gasteiger partial charge in [0.1, 0.15) is 5.75 Å². The molecule has 0 saturated carbocycles. The number of benzene rings is 2. The van der Waals surface area contributed by atoms with E-state index < -0.39 is 16.1 Å². The fourth-order valence-corrected chi connectivity index (χ4v) is 5.35. The summed E-state index contributed by atoms with van der Waals surface area (Å²) in [4.78, 5) is 26.4. The number of piperidine rings is 1. The van der Waals surface area contributed by atoms with Gasteiger partial charge >= 0.3 is 0 Å². The van der Waals surface area contributed by atoms with E-state index in [1.54, 1.807) is 32.2 Å². The maximum absolute atomic E-state index is 12.8. The predicted octanol–water partition coefficient (Wildman–Crippen LogP) is 2.86. The zero-order valence-corrected chi connectivity index (χ0v) is 18.3. The molecule has 4 rings (SSSR count). The molecule has 2 heterocycles. The van der Waals surface area contributed by atoms with Crippen molar-refractivity contribution in [3.05, 3.63) is 48.0 Å². The molecule has 2 aromatic carbocycles. The summed E-state index contributed by atoms with van der Waals surface area (Å²) < 4.78 is 32.7. The van der Waals surface area contributed by atoms with Gasteiger partial charge < -0.3 is 15.0 Å². The smallest absolute Gasteiger partial charge is 0.267 e. The highest BCUT2D eigenvalue weighted by atomic mass is 32.2.